The first kappa shape index (κ1) is 21.7. The number of ether oxygens (including phenoxy) is 1. The van der Waals surface area contributed by atoms with E-state index < -0.39 is 0 Å². The molecule has 0 aliphatic heterocycles. The maximum Gasteiger partial charge on any atom is 0.306 e. The Kier molecular flexibility index (Phi) is 7.84. The molecular formula is C25H41NO2. The number of esters is 1. The number of fused-ring (bicyclic) bond motifs is 3. The van der Waals surface area contributed by atoms with Crippen molar-refractivity contribution in [2.45, 2.75) is 116 Å². The molecule has 3 saturated carbocycles. The molecule has 3 heteroatoms. The van der Waals surface area contributed by atoms with Crippen LogP contribution in [-0.4, -0.2) is 12.1 Å². The number of nitriles is 1. The summed E-state index contributed by atoms with van der Waals surface area (Å²) in [5.41, 5.74) is -0.0326. The molecule has 3 aliphatic carbocycles. The van der Waals surface area contributed by atoms with Gasteiger partial charge in [-0.25, -0.2) is 0 Å². The predicted molar refractivity (Wildman–Crippen MR) is 112 cm³/mol. The fraction of sp³-hybridized carbons (Fsp3) is 0.920. The number of carbonyl (C=O) groups is 1. The number of hydrogen-bond donors (Lipinski definition) is 0. The first-order valence-electron chi connectivity index (χ1n) is 12.2. The largest absolute Gasteiger partial charge is 0.462 e. The minimum Gasteiger partial charge on any atom is -0.462 e. The zero-order chi connectivity index (χ0) is 20.0. The van der Waals surface area contributed by atoms with Crippen molar-refractivity contribution in [2.75, 3.05) is 0 Å². The first-order valence-corrected chi connectivity index (χ1v) is 12.2. The summed E-state index contributed by atoms with van der Waals surface area (Å²) in [4.78, 5) is 12.0. The van der Waals surface area contributed by atoms with Gasteiger partial charge < -0.3 is 4.74 Å². The van der Waals surface area contributed by atoms with Crippen molar-refractivity contribution in [3.8, 4) is 6.07 Å². The zero-order valence-corrected chi connectivity index (χ0v) is 18.3. The van der Waals surface area contributed by atoms with Crippen LogP contribution in [0, 0.1) is 40.4 Å². The molecule has 158 valence electrons. The Balaban J connectivity index is 1.53. The molecule has 0 radical (unpaired) electrons. The second kappa shape index (κ2) is 10.1. The zero-order valence-electron chi connectivity index (χ0n) is 18.3. The van der Waals surface area contributed by atoms with Crippen LogP contribution in [0.2, 0.25) is 0 Å². The van der Waals surface area contributed by atoms with Crippen LogP contribution in [-0.2, 0) is 9.53 Å². The number of carbonyl (C=O) groups excluding carboxylic acids is 1. The SMILES string of the molecule is CCCCC[C@]1(C#N)CCC2C(CCC3C[C@H](OC(=O)CCCC)CCC32)C1. The molecule has 3 nitrogen and oxygen atoms in total. The van der Waals surface area contributed by atoms with E-state index in [4.69, 9.17) is 4.74 Å². The van der Waals surface area contributed by atoms with Crippen molar-refractivity contribution in [1.29, 1.82) is 5.26 Å². The van der Waals surface area contributed by atoms with E-state index in [0.717, 1.165) is 68.6 Å². The molecule has 3 aliphatic rings. The standard InChI is InChI=1S/C25H41NO2/c1-3-5-7-14-25(18-26)15-13-23-20(17-25)10-9-19-16-21(11-12-22(19)23)28-24(27)8-6-4-2/h19-23H,3-17H2,1-2H3/t19?,20?,21-,22?,23?,25+/m1/s1. The van der Waals surface area contributed by atoms with E-state index in [0.29, 0.717) is 6.42 Å². The Labute approximate surface area is 172 Å². The van der Waals surface area contributed by atoms with Crippen LogP contribution in [0.4, 0.5) is 0 Å². The van der Waals surface area contributed by atoms with E-state index in [1.54, 1.807) is 0 Å². The molecule has 28 heavy (non-hydrogen) atoms. The van der Waals surface area contributed by atoms with E-state index in [9.17, 15) is 10.1 Å². The number of nitrogens with zero attached hydrogens (tertiary/aromatic N) is 1. The molecule has 0 saturated heterocycles. The lowest BCUT2D eigenvalue weighted by atomic mass is 9.53. The fourth-order valence-electron chi connectivity index (χ4n) is 6.65. The molecule has 0 aromatic heterocycles. The van der Waals surface area contributed by atoms with Crippen LogP contribution in [0.15, 0.2) is 0 Å². The summed E-state index contributed by atoms with van der Waals surface area (Å²) in [6.07, 6.45) is 17.1. The maximum atomic E-state index is 12.0. The summed E-state index contributed by atoms with van der Waals surface area (Å²) in [5, 5.41) is 9.95. The Hall–Kier alpha value is -1.04. The summed E-state index contributed by atoms with van der Waals surface area (Å²) in [7, 11) is 0. The van der Waals surface area contributed by atoms with Gasteiger partial charge in [0.05, 0.1) is 11.5 Å². The van der Waals surface area contributed by atoms with E-state index in [-0.39, 0.29) is 17.5 Å². The molecular weight excluding hydrogens is 346 g/mol. The second-order valence-electron chi connectivity index (χ2n) is 10.0. The van der Waals surface area contributed by atoms with Gasteiger partial charge in [-0.05, 0) is 87.9 Å². The fourth-order valence-corrected chi connectivity index (χ4v) is 6.65. The Bertz CT molecular complexity index is 553. The molecule has 0 heterocycles. The van der Waals surface area contributed by atoms with Gasteiger partial charge in [-0.15, -0.1) is 0 Å². The molecule has 0 N–H and O–H groups in total. The Morgan fingerprint density at radius 3 is 2.50 bits per heavy atom. The highest BCUT2D eigenvalue weighted by molar-refractivity contribution is 5.69. The molecule has 3 fully saturated rings. The number of unbranched alkanes of at least 4 members (excludes halogenated alkanes) is 3. The lowest BCUT2D eigenvalue weighted by Crippen LogP contribution is -2.45. The van der Waals surface area contributed by atoms with Gasteiger partial charge in [0.15, 0.2) is 0 Å². The summed E-state index contributed by atoms with van der Waals surface area (Å²) in [6.45, 7) is 4.36. The van der Waals surface area contributed by atoms with Crippen LogP contribution < -0.4 is 0 Å². The third kappa shape index (κ3) is 5.11. The van der Waals surface area contributed by atoms with E-state index in [1.807, 2.05) is 0 Å². The van der Waals surface area contributed by atoms with Gasteiger partial charge in [-0.1, -0.05) is 39.5 Å². The van der Waals surface area contributed by atoms with E-state index in [2.05, 4.69) is 19.9 Å². The maximum absolute atomic E-state index is 12.0. The molecule has 4 unspecified atom stereocenters. The van der Waals surface area contributed by atoms with Gasteiger partial charge >= 0.3 is 5.97 Å². The Morgan fingerprint density at radius 2 is 1.75 bits per heavy atom. The van der Waals surface area contributed by atoms with Gasteiger partial charge in [0, 0.05) is 6.42 Å². The van der Waals surface area contributed by atoms with Crippen molar-refractivity contribution < 1.29 is 9.53 Å². The van der Waals surface area contributed by atoms with Crippen molar-refractivity contribution >= 4 is 5.97 Å². The normalized spacial score (nSPS) is 37.4. The predicted octanol–water partition coefficient (Wildman–Crippen LogP) is 6.81. The highest BCUT2D eigenvalue weighted by atomic mass is 16.5. The summed E-state index contributed by atoms with van der Waals surface area (Å²) < 4.78 is 5.80. The van der Waals surface area contributed by atoms with Gasteiger partial charge in [0.2, 0.25) is 0 Å². The second-order valence-corrected chi connectivity index (χ2v) is 10.0. The molecule has 0 bridgehead atoms. The van der Waals surface area contributed by atoms with E-state index >= 15 is 0 Å². The Morgan fingerprint density at radius 1 is 1.00 bits per heavy atom. The van der Waals surface area contributed by atoms with Crippen molar-refractivity contribution in [2.24, 2.45) is 29.1 Å². The van der Waals surface area contributed by atoms with Gasteiger partial charge in [-0.3, -0.25) is 4.79 Å². The summed E-state index contributed by atoms with van der Waals surface area (Å²) in [6, 6.07) is 2.77. The summed E-state index contributed by atoms with van der Waals surface area (Å²) in [5.74, 6) is 3.16. The lowest BCUT2D eigenvalue weighted by molar-refractivity contribution is -0.154. The quantitative estimate of drug-likeness (QED) is 0.340. The molecule has 0 amide bonds. The minimum absolute atomic E-state index is 0.0162. The summed E-state index contributed by atoms with van der Waals surface area (Å²) >= 11 is 0. The molecule has 6 atom stereocenters. The average molecular weight is 388 g/mol. The van der Waals surface area contributed by atoms with Crippen LogP contribution in [0.3, 0.4) is 0 Å². The third-order valence-corrected chi connectivity index (χ3v) is 8.19. The van der Waals surface area contributed by atoms with Crippen LogP contribution in [0.1, 0.15) is 110 Å². The number of hydrogen-bond acceptors (Lipinski definition) is 3. The molecule has 0 aromatic carbocycles. The van der Waals surface area contributed by atoms with Gasteiger partial charge in [0.1, 0.15) is 6.10 Å². The van der Waals surface area contributed by atoms with Crippen LogP contribution in [0.25, 0.3) is 0 Å². The molecule has 3 rings (SSSR count). The smallest absolute Gasteiger partial charge is 0.306 e. The lowest BCUT2D eigenvalue weighted by Gasteiger charge is -2.52. The third-order valence-electron chi connectivity index (χ3n) is 8.19. The van der Waals surface area contributed by atoms with Gasteiger partial charge in [0.25, 0.3) is 0 Å². The van der Waals surface area contributed by atoms with Gasteiger partial charge in [-0.2, -0.15) is 5.26 Å². The minimum atomic E-state index is -0.0326. The topological polar surface area (TPSA) is 50.1 Å². The molecule has 0 aromatic rings. The monoisotopic (exact) mass is 387 g/mol. The average Bonchev–Trinajstić information content (AvgIpc) is 2.72. The number of rotatable bonds is 8. The highest BCUT2D eigenvalue weighted by Crippen LogP contribution is 2.56. The van der Waals surface area contributed by atoms with Crippen LogP contribution in [0.5, 0.6) is 0 Å². The van der Waals surface area contributed by atoms with Crippen LogP contribution >= 0.6 is 0 Å². The molecule has 0 spiro atoms. The highest BCUT2D eigenvalue weighted by Gasteiger charge is 2.48. The van der Waals surface area contributed by atoms with E-state index in [1.165, 1.54) is 44.9 Å². The van der Waals surface area contributed by atoms with Crippen molar-refractivity contribution in [3.05, 3.63) is 0 Å². The van der Waals surface area contributed by atoms with Crippen molar-refractivity contribution in [1.82, 2.24) is 0 Å². The van der Waals surface area contributed by atoms with Crippen molar-refractivity contribution in [3.63, 3.8) is 0 Å². The first-order chi connectivity index (χ1) is 13.6.